The van der Waals surface area contributed by atoms with E-state index in [0.717, 1.165) is 13.0 Å². The lowest BCUT2D eigenvalue weighted by Crippen LogP contribution is -2.40. The van der Waals surface area contributed by atoms with Gasteiger partial charge in [-0.15, -0.1) is 0 Å². The van der Waals surface area contributed by atoms with Gasteiger partial charge in [0.25, 0.3) is 0 Å². The van der Waals surface area contributed by atoms with Crippen molar-refractivity contribution in [2.45, 2.75) is 46.1 Å². The summed E-state index contributed by atoms with van der Waals surface area (Å²) in [6.07, 6.45) is 1.46. The van der Waals surface area contributed by atoms with Gasteiger partial charge in [-0.1, -0.05) is 25.9 Å². The molecule has 0 aromatic rings. The predicted molar refractivity (Wildman–Crippen MR) is 65.6 cm³/mol. The van der Waals surface area contributed by atoms with E-state index in [9.17, 15) is 5.11 Å². The zero-order valence-electron chi connectivity index (χ0n) is 10.7. The van der Waals surface area contributed by atoms with E-state index in [1.54, 1.807) is 6.92 Å². The van der Waals surface area contributed by atoms with Crippen LogP contribution in [0.3, 0.4) is 0 Å². The monoisotopic (exact) mass is 231 g/mol. The van der Waals surface area contributed by atoms with Crippen molar-refractivity contribution >= 4 is 5.84 Å². The van der Waals surface area contributed by atoms with Crippen LogP contribution in [0.1, 0.15) is 40.5 Å². The largest absolute Gasteiger partial charge is 0.409 e. The molecule has 0 saturated carbocycles. The minimum Gasteiger partial charge on any atom is -0.409 e. The molecule has 5 heteroatoms. The molecule has 16 heavy (non-hydrogen) atoms. The molecule has 0 heterocycles. The number of nitrogens with two attached hydrogens (primary N) is 1. The third-order valence-electron chi connectivity index (χ3n) is 3.00. The average molecular weight is 231 g/mol. The molecule has 0 aromatic heterocycles. The molecular weight excluding hydrogens is 206 g/mol. The molecule has 0 spiro atoms. The fourth-order valence-corrected chi connectivity index (χ4v) is 1.15. The molecule has 5 nitrogen and oxygen atoms in total. The lowest BCUT2D eigenvalue weighted by molar-refractivity contribution is 0.0555. The maximum absolute atomic E-state index is 9.76. The summed E-state index contributed by atoms with van der Waals surface area (Å²) in [6.45, 7) is 8.86. The summed E-state index contributed by atoms with van der Waals surface area (Å²) in [5.74, 6) is 0.233. The molecule has 0 saturated heterocycles. The molecule has 96 valence electrons. The van der Waals surface area contributed by atoms with Gasteiger partial charge in [-0.2, -0.15) is 0 Å². The quantitative estimate of drug-likeness (QED) is 0.172. The summed E-state index contributed by atoms with van der Waals surface area (Å²) < 4.78 is 0. The van der Waals surface area contributed by atoms with Gasteiger partial charge in [-0.25, -0.2) is 0 Å². The van der Waals surface area contributed by atoms with Crippen molar-refractivity contribution in [2.75, 3.05) is 13.1 Å². The SMILES string of the molecule is CCC(C)(O)CNCCC(C)(C)C(N)=NO. The number of nitrogens with one attached hydrogen (secondary N) is 1. The Kier molecular flexibility index (Phi) is 5.75. The second-order valence-electron chi connectivity index (χ2n) is 5.15. The highest BCUT2D eigenvalue weighted by molar-refractivity contribution is 5.85. The van der Waals surface area contributed by atoms with Crippen LogP contribution in [0.4, 0.5) is 0 Å². The van der Waals surface area contributed by atoms with Crippen LogP contribution >= 0.6 is 0 Å². The fourth-order valence-electron chi connectivity index (χ4n) is 1.15. The van der Waals surface area contributed by atoms with Gasteiger partial charge in [0.15, 0.2) is 0 Å². The van der Waals surface area contributed by atoms with Crippen LogP contribution < -0.4 is 11.1 Å². The molecule has 0 aliphatic rings. The number of aliphatic hydroxyl groups is 1. The highest BCUT2D eigenvalue weighted by Gasteiger charge is 2.23. The van der Waals surface area contributed by atoms with Crippen molar-refractivity contribution in [3.8, 4) is 0 Å². The lowest BCUT2D eigenvalue weighted by Gasteiger charge is -2.25. The van der Waals surface area contributed by atoms with Crippen LogP contribution in [0.15, 0.2) is 5.16 Å². The van der Waals surface area contributed by atoms with E-state index in [2.05, 4.69) is 10.5 Å². The molecule has 0 aromatic carbocycles. The highest BCUT2D eigenvalue weighted by atomic mass is 16.4. The smallest absolute Gasteiger partial charge is 0.144 e. The molecule has 0 radical (unpaired) electrons. The Morgan fingerprint density at radius 3 is 2.38 bits per heavy atom. The van der Waals surface area contributed by atoms with Crippen molar-refractivity contribution < 1.29 is 10.3 Å². The zero-order chi connectivity index (χ0) is 12.8. The van der Waals surface area contributed by atoms with Crippen LogP contribution in [0.5, 0.6) is 0 Å². The number of rotatable bonds is 7. The van der Waals surface area contributed by atoms with Gasteiger partial charge in [-0.05, 0) is 26.3 Å². The Labute approximate surface area is 97.7 Å². The highest BCUT2D eigenvalue weighted by Crippen LogP contribution is 2.19. The maximum atomic E-state index is 9.76. The summed E-state index contributed by atoms with van der Waals surface area (Å²) in [5, 5.41) is 24.5. The predicted octanol–water partition coefficient (Wildman–Crippen LogP) is 0.900. The van der Waals surface area contributed by atoms with Gasteiger partial charge in [0.2, 0.25) is 0 Å². The third kappa shape index (κ3) is 5.32. The van der Waals surface area contributed by atoms with E-state index in [-0.39, 0.29) is 11.3 Å². The second kappa shape index (κ2) is 6.06. The van der Waals surface area contributed by atoms with Crippen molar-refractivity contribution in [3.05, 3.63) is 0 Å². The topological polar surface area (TPSA) is 90.9 Å². The third-order valence-corrected chi connectivity index (χ3v) is 3.00. The van der Waals surface area contributed by atoms with E-state index in [1.165, 1.54) is 0 Å². The minimum absolute atomic E-state index is 0.233. The summed E-state index contributed by atoms with van der Waals surface area (Å²) in [6, 6.07) is 0. The number of oxime groups is 1. The van der Waals surface area contributed by atoms with Crippen molar-refractivity contribution in [1.82, 2.24) is 5.32 Å². The average Bonchev–Trinajstić information content (AvgIpc) is 2.23. The first-order chi connectivity index (χ1) is 7.25. The van der Waals surface area contributed by atoms with E-state index >= 15 is 0 Å². The maximum Gasteiger partial charge on any atom is 0.144 e. The molecule has 1 unspecified atom stereocenters. The Morgan fingerprint density at radius 2 is 1.94 bits per heavy atom. The standard InChI is InChI=1S/C11H25N3O2/c1-5-11(4,15)8-13-7-6-10(2,3)9(12)14-16/h13,15-16H,5-8H2,1-4H3,(H2,12,14). The minimum atomic E-state index is -0.666. The first kappa shape index (κ1) is 15.2. The second-order valence-corrected chi connectivity index (χ2v) is 5.15. The molecule has 0 fully saturated rings. The summed E-state index contributed by atoms with van der Waals surface area (Å²) in [5.41, 5.74) is 4.57. The van der Waals surface area contributed by atoms with Gasteiger partial charge in [0.1, 0.15) is 5.84 Å². The summed E-state index contributed by atoms with van der Waals surface area (Å²) in [7, 11) is 0. The van der Waals surface area contributed by atoms with Gasteiger partial charge >= 0.3 is 0 Å². The van der Waals surface area contributed by atoms with E-state index < -0.39 is 5.60 Å². The molecule has 0 rings (SSSR count). The fraction of sp³-hybridized carbons (Fsp3) is 0.909. The van der Waals surface area contributed by atoms with Crippen LogP contribution in [-0.4, -0.2) is 34.8 Å². The van der Waals surface area contributed by atoms with Crippen LogP contribution in [-0.2, 0) is 0 Å². The molecule has 0 amide bonds. The number of hydrogen-bond acceptors (Lipinski definition) is 4. The summed E-state index contributed by atoms with van der Waals surface area (Å²) in [4.78, 5) is 0. The zero-order valence-corrected chi connectivity index (χ0v) is 10.7. The Hall–Kier alpha value is -0.810. The first-order valence-electron chi connectivity index (χ1n) is 5.66. The van der Waals surface area contributed by atoms with Crippen molar-refractivity contribution in [2.24, 2.45) is 16.3 Å². The van der Waals surface area contributed by atoms with E-state index in [0.29, 0.717) is 13.0 Å². The first-order valence-corrected chi connectivity index (χ1v) is 5.66. The molecule has 1 atom stereocenters. The van der Waals surface area contributed by atoms with E-state index in [1.807, 2.05) is 20.8 Å². The van der Waals surface area contributed by atoms with Crippen LogP contribution in [0.2, 0.25) is 0 Å². The van der Waals surface area contributed by atoms with Gasteiger partial charge in [0, 0.05) is 12.0 Å². The molecular formula is C11H25N3O2. The molecule has 0 aliphatic heterocycles. The number of nitrogens with zero attached hydrogens (tertiary/aromatic N) is 1. The Morgan fingerprint density at radius 1 is 1.38 bits per heavy atom. The molecule has 0 aliphatic carbocycles. The normalized spacial score (nSPS) is 17.2. The Balaban J connectivity index is 3.91. The van der Waals surface area contributed by atoms with Gasteiger partial charge < -0.3 is 21.4 Å². The summed E-state index contributed by atoms with van der Waals surface area (Å²) >= 11 is 0. The molecule has 5 N–H and O–H groups in total. The van der Waals surface area contributed by atoms with Gasteiger partial charge in [0.05, 0.1) is 5.60 Å². The van der Waals surface area contributed by atoms with Crippen molar-refractivity contribution in [3.63, 3.8) is 0 Å². The van der Waals surface area contributed by atoms with Crippen LogP contribution in [0, 0.1) is 5.41 Å². The number of amidine groups is 1. The number of hydrogen-bond donors (Lipinski definition) is 4. The van der Waals surface area contributed by atoms with Gasteiger partial charge in [-0.3, -0.25) is 0 Å². The van der Waals surface area contributed by atoms with E-state index in [4.69, 9.17) is 10.9 Å². The molecule has 0 bridgehead atoms. The van der Waals surface area contributed by atoms with Crippen molar-refractivity contribution in [1.29, 1.82) is 0 Å². The lowest BCUT2D eigenvalue weighted by atomic mass is 9.88. The van der Waals surface area contributed by atoms with Crippen LogP contribution in [0.25, 0.3) is 0 Å². The Bertz CT molecular complexity index is 237.